The maximum absolute atomic E-state index is 5.45. The van der Waals surface area contributed by atoms with Crippen LogP contribution in [0.5, 0.6) is 0 Å². The highest BCUT2D eigenvalue weighted by Crippen LogP contribution is 2.28. The minimum Gasteiger partial charge on any atom is -0.379 e. The second-order valence-corrected chi connectivity index (χ2v) is 7.33. The van der Waals surface area contributed by atoms with Crippen LogP contribution in [0.2, 0.25) is 0 Å². The summed E-state index contributed by atoms with van der Waals surface area (Å²) in [7, 11) is 2.15. The fourth-order valence-corrected chi connectivity index (χ4v) is 3.91. The molecule has 2 aromatic carbocycles. The summed E-state index contributed by atoms with van der Waals surface area (Å²) in [5.74, 6) is 0. The van der Waals surface area contributed by atoms with Crippen molar-refractivity contribution in [3.05, 3.63) is 59.7 Å². The Morgan fingerprint density at radius 3 is 2.37 bits per heavy atom. The van der Waals surface area contributed by atoms with Crippen LogP contribution in [0, 0.1) is 0 Å². The number of rotatable bonds is 5. The minimum atomic E-state index is 0. The molecule has 0 amide bonds. The summed E-state index contributed by atoms with van der Waals surface area (Å²) < 4.78 is 5.45. The van der Waals surface area contributed by atoms with Crippen molar-refractivity contribution in [2.24, 2.45) is 0 Å². The molecule has 27 heavy (non-hydrogen) atoms. The van der Waals surface area contributed by atoms with Gasteiger partial charge in [0.15, 0.2) is 0 Å². The van der Waals surface area contributed by atoms with Gasteiger partial charge in [-0.15, -0.1) is 12.4 Å². The number of morpholine rings is 1. The highest BCUT2D eigenvalue weighted by molar-refractivity contribution is 5.85. The van der Waals surface area contributed by atoms with Crippen molar-refractivity contribution in [3.8, 4) is 0 Å². The van der Waals surface area contributed by atoms with Gasteiger partial charge in [0, 0.05) is 57.7 Å². The largest absolute Gasteiger partial charge is 0.379 e. The predicted octanol–water partition coefficient (Wildman–Crippen LogP) is 3.57. The maximum atomic E-state index is 5.45. The van der Waals surface area contributed by atoms with E-state index in [1.165, 1.54) is 29.0 Å². The molecule has 0 aromatic heterocycles. The number of ether oxygens (including phenoxy) is 1. The van der Waals surface area contributed by atoms with Crippen LogP contribution in [-0.4, -0.2) is 62.8 Å². The van der Waals surface area contributed by atoms with E-state index in [4.69, 9.17) is 4.74 Å². The van der Waals surface area contributed by atoms with E-state index in [0.717, 1.165) is 52.4 Å². The van der Waals surface area contributed by atoms with Crippen LogP contribution in [0.1, 0.15) is 11.1 Å². The molecule has 2 heterocycles. The lowest BCUT2D eigenvalue weighted by atomic mass is 9.98. The van der Waals surface area contributed by atoms with Crippen molar-refractivity contribution in [1.82, 2.24) is 9.80 Å². The molecule has 1 saturated heterocycles. The average molecular weight is 388 g/mol. The molecule has 1 fully saturated rings. The number of anilines is 2. The van der Waals surface area contributed by atoms with Gasteiger partial charge in [-0.25, -0.2) is 0 Å². The molecule has 0 radical (unpaired) electrons. The highest BCUT2D eigenvalue weighted by atomic mass is 35.5. The topological polar surface area (TPSA) is 19.0 Å². The van der Waals surface area contributed by atoms with E-state index in [-0.39, 0.29) is 12.4 Å². The van der Waals surface area contributed by atoms with Gasteiger partial charge in [0.25, 0.3) is 0 Å². The van der Waals surface area contributed by atoms with Gasteiger partial charge in [-0.2, -0.15) is 0 Å². The molecule has 0 atom stereocenters. The number of benzene rings is 2. The Labute approximate surface area is 169 Å². The Kier molecular flexibility index (Phi) is 7.13. The summed E-state index contributed by atoms with van der Waals surface area (Å²) in [5.41, 5.74) is 5.49. The zero-order chi connectivity index (χ0) is 17.8. The van der Waals surface area contributed by atoms with Gasteiger partial charge >= 0.3 is 0 Å². The quantitative estimate of drug-likeness (QED) is 0.780. The lowest BCUT2D eigenvalue weighted by Crippen LogP contribution is -2.42. The molecule has 0 bridgehead atoms. The van der Waals surface area contributed by atoms with Crippen LogP contribution in [0.25, 0.3) is 0 Å². The Morgan fingerprint density at radius 2 is 1.59 bits per heavy atom. The van der Waals surface area contributed by atoms with Crippen molar-refractivity contribution in [1.29, 1.82) is 0 Å². The fraction of sp³-hybridized carbons (Fsp3) is 0.455. The van der Waals surface area contributed by atoms with Gasteiger partial charge in [-0.05, 0) is 41.8 Å². The standard InChI is InChI=1S/C22H29N3O.ClH/c1-23(21-5-3-2-4-6-21)22-8-7-19-9-10-25(18-20(19)17-22)12-11-24-13-15-26-16-14-24;/h2-8,17H,9-16,18H2,1H3;1H. The zero-order valence-electron chi connectivity index (χ0n) is 16.1. The lowest BCUT2D eigenvalue weighted by molar-refractivity contribution is 0.0327. The second-order valence-electron chi connectivity index (χ2n) is 7.33. The van der Waals surface area contributed by atoms with Crippen molar-refractivity contribution in [2.75, 3.05) is 57.9 Å². The van der Waals surface area contributed by atoms with Crippen molar-refractivity contribution in [3.63, 3.8) is 0 Å². The van der Waals surface area contributed by atoms with E-state index in [9.17, 15) is 0 Å². The summed E-state index contributed by atoms with van der Waals surface area (Å²) in [6, 6.07) is 17.5. The molecule has 2 aromatic rings. The first-order chi connectivity index (χ1) is 12.8. The van der Waals surface area contributed by atoms with E-state index >= 15 is 0 Å². The summed E-state index contributed by atoms with van der Waals surface area (Å²) in [6.45, 7) is 8.48. The molecule has 5 heteroatoms. The molecule has 0 N–H and O–H groups in total. The monoisotopic (exact) mass is 387 g/mol. The van der Waals surface area contributed by atoms with Crippen molar-refractivity contribution < 1.29 is 4.74 Å². The van der Waals surface area contributed by atoms with Crippen molar-refractivity contribution >= 4 is 23.8 Å². The van der Waals surface area contributed by atoms with Gasteiger partial charge in [-0.1, -0.05) is 24.3 Å². The summed E-state index contributed by atoms with van der Waals surface area (Å²) in [6.07, 6.45) is 1.16. The van der Waals surface area contributed by atoms with E-state index in [1.54, 1.807) is 0 Å². The van der Waals surface area contributed by atoms with E-state index < -0.39 is 0 Å². The zero-order valence-corrected chi connectivity index (χ0v) is 17.0. The SMILES string of the molecule is CN(c1ccccc1)c1ccc2c(c1)CN(CCN1CCOCC1)CC2.Cl. The van der Waals surface area contributed by atoms with Crippen LogP contribution in [0.15, 0.2) is 48.5 Å². The summed E-state index contributed by atoms with van der Waals surface area (Å²) >= 11 is 0. The van der Waals surface area contributed by atoms with Crippen LogP contribution in [0.4, 0.5) is 11.4 Å². The van der Waals surface area contributed by atoms with Crippen LogP contribution < -0.4 is 4.90 Å². The third-order valence-electron chi connectivity index (χ3n) is 5.65. The average Bonchev–Trinajstić information content (AvgIpc) is 2.72. The third kappa shape index (κ3) is 5.02. The molecular weight excluding hydrogens is 358 g/mol. The molecule has 4 nitrogen and oxygen atoms in total. The minimum absolute atomic E-state index is 0. The Balaban J connectivity index is 0.00000210. The number of para-hydroxylation sites is 1. The van der Waals surface area contributed by atoms with Crippen LogP contribution >= 0.6 is 12.4 Å². The highest BCUT2D eigenvalue weighted by Gasteiger charge is 2.19. The van der Waals surface area contributed by atoms with Gasteiger partial charge in [0.05, 0.1) is 13.2 Å². The molecule has 146 valence electrons. The normalized spacial score (nSPS) is 17.8. The maximum Gasteiger partial charge on any atom is 0.0594 e. The fourth-order valence-electron chi connectivity index (χ4n) is 3.91. The number of nitrogens with zero attached hydrogens (tertiary/aromatic N) is 3. The molecule has 4 rings (SSSR count). The first-order valence-corrected chi connectivity index (χ1v) is 9.72. The molecule has 2 aliphatic rings. The van der Waals surface area contributed by atoms with Gasteiger partial charge < -0.3 is 9.64 Å². The van der Waals surface area contributed by atoms with E-state index in [0.29, 0.717) is 0 Å². The van der Waals surface area contributed by atoms with E-state index in [1.807, 2.05) is 0 Å². The lowest BCUT2D eigenvalue weighted by Gasteiger charge is -2.33. The number of hydrogen-bond donors (Lipinski definition) is 0. The Hall–Kier alpha value is -1.59. The number of halogens is 1. The van der Waals surface area contributed by atoms with Crippen LogP contribution in [0.3, 0.4) is 0 Å². The summed E-state index contributed by atoms with van der Waals surface area (Å²) in [4.78, 5) is 7.40. The molecular formula is C22H30ClN3O. The van der Waals surface area contributed by atoms with Gasteiger partial charge in [0.1, 0.15) is 0 Å². The predicted molar refractivity (Wildman–Crippen MR) is 114 cm³/mol. The first-order valence-electron chi connectivity index (χ1n) is 9.72. The smallest absolute Gasteiger partial charge is 0.0594 e. The molecule has 0 spiro atoms. The van der Waals surface area contributed by atoms with Crippen molar-refractivity contribution in [2.45, 2.75) is 13.0 Å². The number of hydrogen-bond acceptors (Lipinski definition) is 4. The van der Waals surface area contributed by atoms with Gasteiger partial charge in [0.2, 0.25) is 0 Å². The summed E-state index contributed by atoms with van der Waals surface area (Å²) in [5, 5.41) is 0. The third-order valence-corrected chi connectivity index (χ3v) is 5.65. The second kappa shape index (κ2) is 9.56. The number of fused-ring (bicyclic) bond motifs is 1. The molecule has 2 aliphatic heterocycles. The van der Waals surface area contributed by atoms with Crippen LogP contribution in [-0.2, 0) is 17.7 Å². The van der Waals surface area contributed by atoms with E-state index in [2.05, 4.69) is 70.3 Å². The molecule has 0 aliphatic carbocycles. The molecule has 0 saturated carbocycles. The Morgan fingerprint density at radius 1 is 0.852 bits per heavy atom. The first kappa shape index (κ1) is 20.2. The Bertz CT molecular complexity index is 719. The van der Waals surface area contributed by atoms with Gasteiger partial charge in [-0.3, -0.25) is 9.80 Å². The molecule has 0 unspecified atom stereocenters.